The van der Waals surface area contributed by atoms with Gasteiger partial charge in [-0.15, -0.1) is 0 Å². The van der Waals surface area contributed by atoms with E-state index in [2.05, 4.69) is 82.4 Å². The number of nitrogens with two attached hydrogens (primary N) is 4. The van der Waals surface area contributed by atoms with Gasteiger partial charge < -0.3 is 75.2 Å². The number of carbonyl (C=O) groups excluding carboxylic acids is 8. The van der Waals surface area contributed by atoms with Crippen LogP contribution in [0.2, 0.25) is 0 Å². The Hall–Kier alpha value is -7.65. The molecule has 0 radical (unpaired) electrons. The van der Waals surface area contributed by atoms with Gasteiger partial charge >= 0.3 is 5.97 Å². The van der Waals surface area contributed by atoms with E-state index in [1.807, 2.05) is 18.2 Å². The lowest BCUT2D eigenvalue weighted by Crippen LogP contribution is -2.61. The fourth-order valence-electron chi connectivity index (χ4n) is 7.11. The van der Waals surface area contributed by atoms with Gasteiger partial charge in [-0.1, -0.05) is 48.5 Å². The summed E-state index contributed by atoms with van der Waals surface area (Å²) in [5.41, 5.74) is 24.7. The minimum atomic E-state index is -1.76. The van der Waals surface area contributed by atoms with Crippen molar-refractivity contribution in [2.45, 2.75) is 93.8 Å². The van der Waals surface area contributed by atoms with E-state index in [0.717, 1.165) is 10.9 Å². The first-order chi connectivity index (χ1) is 34.3. The van der Waals surface area contributed by atoms with Gasteiger partial charge in [-0.25, -0.2) is 9.78 Å². The van der Waals surface area contributed by atoms with Gasteiger partial charge in [-0.05, 0) is 37.0 Å². The zero-order valence-electron chi connectivity index (χ0n) is 39.1. The Kier molecular flexibility index (Phi) is 22.3. The van der Waals surface area contributed by atoms with Crippen LogP contribution < -0.4 is 60.2 Å². The monoisotopic (exact) mass is 1040 g/mol. The molecule has 388 valence electrons. The molecule has 18 N–H and O–H groups in total. The lowest BCUT2D eigenvalue weighted by atomic mass is 10.0. The number of primary amides is 1. The van der Waals surface area contributed by atoms with E-state index in [1.165, 1.54) is 19.4 Å². The number of carboxylic acid groups (broad SMARTS) is 1. The molecule has 8 atom stereocenters. The summed E-state index contributed by atoms with van der Waals surface area (Å²) in [5.74, 6) is -9.13. The molecule has 0 aliphatic heterocycles. The molecule has 4 aromatic rings. The van der Waals surface area contributed by atoms with Crippen molar-refractivity contribution in [2.24, 2.45) is 27.9 Å². The minimum absolute atomic E-state index is 0.00404. The van der Waals surface area contributed by atoms with Gasteiger partial charge in [0.2, 0.25) is 47.3 Å². The number of amides is 8. The van der Waals surface area contributed by atoms with Crippen LogP contribution in [-0.2, 0) is 62.4 Å². The maximum absolute atomic E-state index is 14.6. The number of aromatic nitrogens is 3. The molecule has 2 aromatic heterocycles. The highest BCUT2D eigenvalue weighted by molar-refractivity contribution is 7.80. The van der Waals surface area contributed by atoms with E-state index in [-0.39, 0.29) is 56.1 Å². The van der Waals surface area contributed by atoms with Crippen LogP contribution in [0.4, 0.5) is 0 Å². The molecule has 72 heavy (non-hydrogen) atoms. The number of benzene rings is 2. The molecule has 2 heterocycles. The fraction of sp³-hybridized carbons (Fsp3) is 0.400. The highest BCUT2D eigenvalue weighted by Crippen LogP contribution is 2.20. The van der Waals surface area contributed by atoms with Crippen molar-refractivity contribution in [2.75, 3.05) is 18.1 Å². The molecule has 25 nitrogen and oxygen atoms in total. The number of aromatic amines is 2. The Morgan fingerprint density at radius 2 is 1.21 bits per heavy atom. The Labute approximate surface area is 424 Å². The number of fused-ring (bicyclic) bond motifs is 1. The average Bonchev–Trinajstić information content (AvgIpc) is 4.02. The van der Waals surface area contributed by atoms with Crippen molar-refractivity contribution in [3.05, 3.63) is 90.1 Å². The van der Waals surface area contributed by atoms with Crippen LogP contribution in [0.15, 0.2) is 78.3 Å². The first kappa shape index (κ1) is 56.9. The average molecular weight is 1040 g/mol. The molecule has 0 saturated heterocycles. The second-order valence-corrected chi connectivity index (χ2v) is 17.3. The Balaban J connectivity index is 1.64. The molecular weight excluding hydrogens is 975 g/mol. The number of nitrogens with zero attached hydrogens (tertiary/aromatic N) is 2. The SMILES string of the molecule is C[C@H](NC(=O)[C@H](CCCN=C(N)N)NC(=O)[C@H](CC(N)=O)NC(=O)[C@H](Cc1cnc[nH]1)NC(=O)[C@H](Cc1c[nH]c2ccccc12)NC(=O)[C@H](Cc1ccccc1)NC(=O)[C@@H](N)CS)C(=O)N[C@@H](CS)C(=O)O. The molecule has 0 fully saturated rings. The molecule has 0 bridgehead atoms. The molecule has 0 unspecified atom stereocenters. The quantitative estimate of drug-likeness (QED) is 0.0109. The number of hydrogen-bond acceptors (Lipinski definition) is 14. The standard InChI is InChI=1S/C45H61N15O10S2/c1-23(37(62)60-35(21-72)44(69)70)54-39(64)30(12-7-13-51-45(48)49)55-43(68)34(17-36(47)61)59-42(67)33(16-26-19-50-22-53-26)58-41(66)32(15-25-18-52-29-11-6-5-10-27(25)29)57-40(65)31(56-38(63)28(46)20-71)14-24-8-3-2-4-9-24/h2-6,8-11,18-19,22-23,28,30-35,52,71-72H,7,12-17,20-21,46H2,1H3,(H2,47,61)(H,50,53)(H,54,64)(H,55,68)(H,56,63)(H,57,65)(H,58,66)(H,59,67)(H,60,62)(H,69,70)(H4,48,49,51)/t23-,28-,30-,31-,32-,33-,34-,35-/m0/s1. The van der Waals surface area contributed by atoms with Crippen molar-refractivity contribution in [3.8, 4) is 0 Å². The Morgan fingerprint density at radius 3 is 1.81 bits per heavy atom. The summed E-state index contributed by atoms with van der Waals surface area (Å²) in [6, 6.07) is 4.86. The third-order valence-corrected chi connectivity index (χ3v) is 11.7. The van der Waals surface area contributed by atoms with Crippen LogP contribution in [0.3, 0.4) is 0 Å². The van der Waals surface area contributed by atoms with Crippen molar-refractivity contribution in [3.63, 3.8) is 0 Å². The summed E-state index contributed by atoms with van der Waals surface area (Å²) < 4.78 is 0. The van der Waals surface area contributed by atoms with E-state index in [9.17, 15) is 48.3 Å². The highest BCUT2D eigenvalue weighted by atomic mass is 32.1. The summed E-state index contributed by atoms with van der Waals surface area (Å²) >= 11 is 8.03. The van der Waals surface area contributed by atoms with Crippen LogP contribution in [-0.4, -0.2) is 146 Å². The summed E-state index contributed by atoms with van der Waals surface area (Å²) in [6.45, 7) is 1.27. The number of para-hydroxylation sites is 1. The predicted molar refractivity (Wildman–Crippen MR) is 271 cm³/mol. The number of aliphatic imine (C=N–C) groups is 1. The van der Waals surface area contributed by atoms with Crippen LogP contribution in [0.25, 0.3) is 10.9 Å². The lowest BCUT2D eigenvalue weighted by molar-refractivity contribution is -0.141. The van der Waals surface area contributed by atoms with E-state index >= 15 is 0 Å². The topological polar surface area (TPSA) is 419 Å². The fourth-order valence-corrected chi connectivity index (χ4v) is 7.52. The van der Waals surface area contributed by atoms with Gasteiger partial charge in [0.15, 0.2) is 5.96 Å². The highest BCUT2D eigenvalue weighted by Gasteiger charge is 2.35. The largest absolute Gasteiger partial charge is 0.480 e. The molecule has 0 spiro atoms. The number of thiol groups is 2. The number of aliphatic carboxylic acids is 1. The summed E-state index contributed by atoms with van der Waals surface area (Å²) in [4.78, 5) is 135. The minimum Gasteiger partial charge on any atom is -0.480 e. The first-order valence-electron chi connectivity index (χ1n) is 22.5. The second-order valence-electron chi connectivity index (χ2n) is 16.6. The summed E-state index contributed by atoms with van der Waals surface area (Å²) in [7, 11) is 0. The van der Waals surface area contributed by atoms with Crippen molar-refractivity contribution in [1.29, 1.82) is 0 Å². The van der Waals surface area contributed by atoms with Crippen LogP contribution in [0.5, 0.6) is 0 Å². The maximum Gasteiger partial charge on any atom is 0.327 e. The van der Waals surface area contributed by atoms with Gasteiger partial charge in [-0.3, -0.25) is 43.3 Å². The van der Waals surface area contributed by atoms with E-state index in [1.54, 1.807) is 42.6 Å². The van der Waals surface area contributed by atoms with Crippen LogP contribution in [0.1, 0.15) is 43.0 Å². The zero-order chi connectivity index (χ0) is 52.9. The van der Waals surface area contributed by atoms with Crippen molar-refractivity contribution in [1.82, 2.24) is 52.2 Å². The molecule has 4 rings (SSSR count). The first-order valence-corrected chi connectivity index (χ1v) is 23.8. The van der Waals surface area contributed by atoms with Gasteiger partial charge in [0, 0.05) is 66.3 Å². The van der Waals surface area contributed by atoms with Crippen LogP contribution >= 0.6 is 25.3 Å². The number of rotatable bonds is 29. The van der Waals surface area contributed by atoms with Gasteiger partial charge in [-0.2, -0.15) is 25.3 Å². The van der Waals surface area contributed by atoms with E-state index < -0.39 is 108 Å². The zero-order valence-corrected chi connectivity index (χ0v) is 40.9. The number of hydrogen-bond donors (Lipinski definition) is 16. The Bertz CT molecular complexity index is 2540. The molecule has 8 amide bonds. The number of imidazole rings is 1. The second kappa shape index (κ2) is 28.3. The normalized spacial score (nSPS) is 14.3. The third kappa shape index (κ3) is 17.9. The summed E-state index contributed by atoms with van der Waals surface area (Å²) in [6.07, 6.45) is 3.13. The third-order valence-electron chi connectivity index (χ3n) is 11.0. The van der Waals surface area contributed by atoms with Gasteiger partial charge in [0.25, 0.3) is 0 Å². The Morgan fingerprint density at radius 1 is 0.653 bits per heavy atom. The van der Waals surface area contributed by atoms with Crippen molar-refractivity contribution < 1.29 is 48.3 Å². The maximum atomic E-state index is 14.6. The molecule has 0 aliphatic carbocycles. The number of nitrogens with one attached hydrogen (secondary N) is 9. The molecule has 0 saturated carbocycles. The lowest BCUT2D eigenvalue weighted by Gasteiger charge is -2.27. The van der Waals surface area contributed by atoms with E-state index in [4.69, 9.17) is 22.9 Å². The van der Waals surface area contributed by atoms with E-state index in [0.29, 0.717) is 16.8 Å². The van der Waals surface area contributed by atoms with Gasteiger partial charge in [0.1, 0.15) is 42.3 Å². The van der Waals surface area contributed by atoms with Crippen molar-refractivity contribution >= 4 is 95.3 Å². The number of H-pyrrole nitrogens is 2. The number of carboxylic acids is 1. The predicted octanol–water partition coefficient (Wildman–Crippen LogP) is -3.47. The molecule has 2 aromatic carbocycles. The smallest absolute Gasteiger partial charge is 0.327 e. The van der Waals surface area contributed by atoms with Crippen LogP contribution in [0, 0.1) is 0 Å². The number of guanidine groups is 1. The van der Waals surface area contributed by atoms with Gasteiger partial charge in [0.05, 0.1) is 18.8 Å². The molecule has 27 heteroatoms. The number of carbonyl (C=O) groups is 9. The molecular formula is C45H61N15O10S2. The molecule has 0 aliphatic rings. The summed E-state index contributed by atoms with van der Waals surface area (Å²) in [5, 5.41) is 27.7.